The van der Waals surface area contributed by atoms with Gasteiger partial charge in [-0.3, -0.25) is 9.36 Å². The predicted molar refractivity (Wildman–Crippen MR) is 90.9 cm³/mol. The molecule has 0 atom stereocenters. The molecule has 0 radical (unpaired) electrons. The number of carbonyl (C=O) groups excluding carboxylic acids is 1. The fraction of sp³-hybridized carbons (Fsp3) is 0.467. The van der Waals surface area contributed by atoms with Crippen LogP contribution < -0.4 is 11.1 Å². The lowest BCUT2D eigenvalue weighted by atomic mass is 10.2. The SMILES string of the molecule is Cn1c(=O)oc2ccc(NC(=O)CCS(=O)(=O)N3CCOCC3)cc21. The predicted octanol–water partition coefficient (Wildman–Crippen LogP) is 0.122. The van der Waals surface area contributed by atoms with Crippen LogP contribution in [0.1, 0.15) is 6.42 Å². The molecule has 0 bridgehead atoms. The first-order valence-electron chi connectivity index (χ1n) is 7.82. The second kappa shape index (κ2) is 6.98. The molecule has 3 rings (SSSR count). The molecule has 136 valence electrons. The normalized spacial score (nSPS) is 16.2. The number of oxazole rings is 1. The van der Waals surface area contributed by atoms with Crippen LogP contribution in [0.3, 0.4) is 0 Å². The van der Waals surface area contributed by atoms with E-state index in [1.807, 2.05) is 0 Å². The van der Waals surface area contributed by atoms with Gasteiger partial charge in [0, 0.05) is 32.2 Å². The van der Waals surface area contributed by atoms with Gasteiger partial charge in [0.2, 0.25) is 15.9 Å². The molecule has 9 nitrogen and oxygen atoms in total. The van der Waals surface area contributed by atoms with Gasteiger partial charge >= 0.3 is 5.76 Å². The smallest absolute Gasteiger partial charge is 0.408 e. The largest absolute Gasteiger partial charge is 0.419 e. The minimum absolute atomic E-state index is 0.151. The average molecular weight is 369 g/mol. The number of fused-ring (bicyclic) bond motifs is 1. The molecule has 25 heavy (non-hydrogen) atoms. The highest BCUT2D eigenvalue weighted by molar-refractivity contribution is 7.89. The van der Waals surface area contributed by atoms with E-state index in [-0.39, 0.29) is 12.2 Å². The van der Waals surface area contributed by atoms with Crippen molar-refractivity contribution < 1.29 is 22.4 Å². The third-order valence-electron chi connectivity index (χ3n) is 4.03. The topological polar surface area (TPSA) is 111 Å². The summed E-state index contributed by atoms with van der Waals surface area (Å²) in [6, 6.07) is 4.78. The van der Waals surface area contributed by atoms with Gasteiger partial charge < -0.3 is 14.5 Å². The zero-order chi connectivity index (χ0) is 18.0. The van der Waals surface area contributed by atoms with Crippen molar-refractivity contribution in [3.63, 3.8) is 0 Å². The molecule has 1 aromatic heterocycles. The van der Waals surface area contributed by atoms with Crippen molar-refractivity contribution in [1.29, 1.82) is 0 Å². The van der Waals surface area contributed by atoms with E-state index in [0.717, 1.165) is 0 Å². The maximum Gasteiger partial charge on any atom is 0.419 e. The van der Waals surface area contributed by atoms with Crippen LogP contribution in [0.25, 0.3) is 11.1 Å². The highest BCUT2D eigenvalue weighted by Gasteiger charge is 2.24. The van der Waals surface area contributed by atoms with Crippen molar-refractivity contribution in [2.75, 3.05) is 37.4 Å². The van der Waals surface area contributed by atoms with Crippen LogP contribution in [0.15, 0.2) is 27.4 Å². The minimum Gasteiger partial charge on any atom is -0.408 e. The molecular formula is C15H19N3O6S. The Morgan fingerprint density at radius 2 is 2.00 bits per heavy atom. The van der Waals surface area contributed by atoms with Crippen LogP contribution in [0.5, 0.6) is 0 Å². The molecule has 0 unspecified atom stereocenters. The van der Waals surface area contributed by atoms with Gasteiger partial charge in [-0.05, 0) is 18.2 Å². The maximum absolute atomic E-state index is 12.2. The van der Waals surface area contributed by atoms with Crippen LogP contribution in [-0.4, -0.2) is 55.3 Å². The number of carbonyl (C=O) groups is 1. The van der Waals surface area contributed by atoms with Gasteiger partial charge in [0.25, 0.3) is 0 Å². The summed E-state index contributed by atoms with van der Waals surface area (Å²) < 4.78 is 37.2. The number of hydrogen-bond acceptors (Lipinski definition) is 6. The van der Waals surface area contributed by atoms with Gasteiger partial charge in [-0.1, -0.05) is 0 Å². The first-order chi connectivity index (χ1) is 11.9. The summed E-state index contributed by atoms with van der Waals surface area (Å²) in [4.78, 5) is 23.5. The van der Waals surface area contributed by atoms with Gasteiger partial charge in [-0.2, -0.15) is 4.31 Å². The van der Waals surface area contributed by atoms with E-state index < -0.39 is 21.7 Å². The summed E-state index contributed by atoms with van der Waals surface area (Å²) in [6.07, 6.45) is -0.151. The van der Waals surface area contributed by atoms with E-state index in [1.165, 1.54) is 8.87 Å². The van der Waals surface area contributed by atoms with Gasteiger partial charge in [0.1, 0.15) is 0 Å². The Labute approximate surface area is 144 Å². The number of anilines is 1. The Kier molecular flexibility index (Phi) is 4.93. The Morgan fingerprint density at radius 3 is 2.72 bits per heavy atom. The molecule has 1 aliphatic rings. The van der Waals surface area contributed by atoms with Gasteiger partial charge in [-0.15, -0.1) is 0 Å². The summed E-state index contributed by atoms with van der Waals surface area (Å²) in [5, 5.41) is 2.64. The summed E-state index contributed by atoms with van der Waals surface area (Å²) in [5.41, 5.74) is 1.43. The maximum atomic E-state index is 12.2. The Morgan fingerprint density at radius 1 is 1.28 bits per heavy atom. The van der Waals surface area contributed by atoms with Gasteiger partial charge in [-0.25, -0.2) is 13.2 Å². The number of nitrogens with one attached hydrogen (secondary N) is 1. The molecule has 1 amide bonds. The Hall–Kier alpha value is -2.17. The molecule has 1 aliphatic heterocycles. The highest BCUT2D eigenvalue weighted by atomic mass is 32.2. The Bertz CT molecular complexity index is 940. The lowest BCUT2D eigenvalue weighted by Gasteiger charge is -2.25. The van der Waals surface area contributed by atoms with E-state index in [2.05, 4.69) is 5.32 Å². The van der Waals surface area contributed by atoms with Crippen LogP contribution in [0, 0.1) is 0 Å². The van der Waals surface area contributed by atoms with E-state index in [4.69, 9.17) is 9.15 Å². The number of benzene rings is 1. The molecule has 2 heterocycles. The van der Waals surface area contributed by atoms with Crippen molar-refractivity contribution in [3.8, 4) is 0 Å². The summed E-state index contributed by atoms with van der Waals surface area (Å²) in [6.45, 7) is 1.37. The standard InChI is InChI=1S/C15H19N3O6S/c1-17-12-10-11(2-3-13(12)24-15(17)20)16-14(19)4-9-25(21,22)18-5-7-23-8-6-18/h2-3,10H,4-9H2,1H3,(H,16,19). The zero-order valence-corrected chi connectivity index (χ0v) is 14.5. The zero-order valence-electron chi connectivity index (χ0n) is 13.7. The van der Waals surface area contributed by atoms with Crippen molar-refractivity contribution in [2.24, 2.45) is 7.05 Å². The van der Waals surface area contributed by atoms with Crippen molar-refractivity contribution in [1.82, 2.24) is 8.87 Å². The molecule has 2 aromatic rings. The molecule has 1 N–H and O–H groups in total. The van der Waals surface area contributed by atoms with Crippen molar-refractivity contribution >= 4 is 32.7 Å². The average Bonchev–Trinajstić information content (AvgIpc) is 2.88. The van der Waals surface area contributed by atoms with E-state index >= 15 is 0 Å². The number of hydrogen-bond donors (Lipinski definition) is 1. The molecule has 0 aliphatic carbocycles. The fourth-order valence-corrected chi connectivity index (χ4v) is 4.01. The summed E-state index contributed by atoms with van der Waals surface area (Å²) >= 11 is 0. The van der Waals surface area contributed by atoms with E-state index in [9.17, 15) is 18.0 Å². The monoisotopic (exact) mass is 369 g/mol. The summed E-state index contributed by atoms with van der Waals surface area (Å²) in [7, 11) is -1.91. The molecule has 0 saturated carbocycles. The van der Waals surface area contributed by atoms with E-state index in [1.54, 1.807) is 25.2 Å². The molecule has 0 spiro atoms. The van der Waals surface area contributed by atoms with Crippen LogP contribution in [0.4, 0.5) is 5.69 Å². The van der Waals surface area contributed by atoms with Crippen LogP contribution >= 0.6 is 0 Å². The van der Waals surface area contributed by atoms with E-state index in [0.29, 0.717) is 43.1 Å². The number of nitrogens with zero attached hydrogens (tertiary/aromatic N) is 2. The van der Waals surface area contributed by atoms with Gasteiger partial charge in [0.15, 0.2) is 5.58 Å². The lowest BCUT2D eigenvalue weighted by Crippen LogP contribution is -2.42. The van der Waals surface area contributed by atoms with Crippen LogP contribution in [0.2, 0.25) is 0 Å². The minimum atomic E-state index is -3.48. The van der Waals surface area contributed by atoms with Gasteiger partial charge in [0.05, 0.1) is 24.5 Å². The fourth-order valence-electron chi connectivity index (χ4n) is 2.60. The third kappa shape index (κ3) is 3.91. The molecule has 1 saturated heterocycles. The molecule has 1 aromatic carbocycles. The van der Waals surface area contributed by atoms with Crippen molar-refractivity contribution in [3.05, 3.63) is 28.7 Å². The number of aromatic nitrogens is 1. The quantitative estimate of drug-likeness (QED) is 0.802. The number of aryl methyl sites for hydroxylation is 1. The molecular weight excluding hydrogens is 350 g/mol. The lowest BCUT2D eigenvalue weighted by molar-refractivity contribution is -0.115. The Balaban J connectivity index is 1.62. The number of morpholine rings is 1. The highest BCUT2D eigenvalue weighted by Crippen LogP contribution is 2.18. The first kappa shape index (κ1) is 17.6. The third-order valence-corrected chi connectivity index (χ3v) is 5.90. The van der Waals surface area contributed by atoms with Crippen molar-refractivity contribution in [2.45, 2.75) is 6.42 Å². The number of amides is 1. The summed E-state index contributed by atoms with van der Waals surface area (Å²) in [5.74, 6) is -1.16. The second-order valence-corrected chi connectivity index (χ2v) is 7.82. The molecule has 1 fully saturated rings. The molecule has 10 heteroatoms. The number of rotatable bonds is 5. The number of ether oxygens (including phenoxy) is 1. The number of sulfonamides is 1. The van der Waals surface area contributed by atoms with Crippen LogP contribution in [-0.2, 0) is 26.6 Å². The second-order valence-electron chi connectivity index (χ2n) is 5.74. The first-order valence-corrected chi connectivity index (χ1v) is 9.43.